The highest BCUT2D eigenvalue weighted by Crippen LogP contribution is 2.44. The summed E-state index contributed by atoms with van der Waals surface area (Å²) in [7, 11) is 0. The summed E-state index contributed by atoms with van der Waals surface area (Å²) in [6.45, 7) is 2.08. The molecule has 0 aromatic rings. The van der Waals surface area contributed by atoms with E-state index >= 15 is 0 Å². The number of rotatable bonds is 2. The van der Waals surface area contributed by atoms with Gasteiger partial charge in [-0.3, -0.25) is 0 Å². The molecule has 0 aliphatic heterocycles. The van der Waals surface area contributed by atoms with Gasteiger partial charge in [-0.05, 0) is 38.0 Å². The molecule has 2 bridgehead atoms. The standard InChI is InChI=1S/C11H17N/c1-3-8(2)12-11-7-9-4-5-10(11)6-9/h1,8-12H,4-7H2,2H3. The van der Waals surface area contributed by atoms with Crippen LogP contribution in [-0.4, -0.2) is 12.1 Å². The van der Waals surface area contributed by atoms with E-state index in [1.807, 2.05) is 0 Å². The largest absolute Gasteiger partial charge is 0.301 e. The summed E-state index contributed by atoms with van der Waals surface area (Å²) in [4.78, 5) is 0. The Bertz CT molecular complexity index is 204. The van der Waals surface area contributed by atoms with Crippen LogP contribution in [0, 0.1) is 24.2 Å². The van der Waals surface area contributed by atoms with Gasteiger partial charge in [0.15, 0.2) is 0 Å². The van der Waals surface area contributed by atoms with Crippen LogP contribution in [0.5, 0.6) is 0 Å². The van der Waals surface area contributed by atoms with Gasteiger partial charge in [0.05, 0.1) is 6.04 Å². The Morgan fingerprint density at radius 2 is 2.25 bits per heavy atom. The van der Waals surface area contributed by atoms with Crippen molar-refractivity contribution in [1.29, 1.82) is 0 Å². The van der Waals surface area contributed by atoms with Crippen LogP contribution >= 0.6 is 0 Å². The van der Waals surface area contributed by atoms with Gasteiger partial charge in [0.1, 0.15) is 0 Å². The minimum absolute atomic E-state index is 0.259. The second kappa shape index (κ2) is 3.11. The van der Waals surface area contributed by atoms with E-state index in [-0.39, 0.29) is 6.04 Å². The van der Waals surface area contributed by atoms with Crippen LogP contribution in [0.4, 0.5) is 0 Å². The molecule has 1 heteroatoms. The number of hydrogen-bond acceptors (Lipinski definition) is 1. The summed E-state index contributed by atoms with van der Waals surface area (Å²) in [5, 5.41) is 3.52. The Morgan fingerprint density at radius 1 is 1.42 bits per heavy atom. The lowest BCUT2D eigenvalue weighted by molar-refractivity contribution is 0.343. The van der Waals surface area contributed by atoms with Gasteiger partial charge < -0.3 is 5.32 Å². The maximum atomic E-state index is 5.34. The normalized spacial score (nSPS) is 41.2. The SMILES string of the molecule is C#CC(C)NC1CC2CCC1C2. The second-order valence-corrected chi connectivity index (χ2v) is 4.34. The van der Waals surface area contributed by atoms with E-state index in [0.29, 0.717) is 0 Å². The third kappa shape index (κ3) is 1.36. The lowest BCUT2D eigenvalue weighted by atomic mass is 9.95. The summed E-state index contributed by atoms with van der Waals surface area (Å²) in [5.41, 5.74) is 0. The fourth-order valence-corrected chi connectivity index (χ4v) is 2.82. The third-order valence-corrected chi connectivity index (χ3v) is 3.45. The molecule has 12 heavy (non-hydrogen) atoms. The zero-order valence-electron chi connectivity index (χ0n) is 7.72. The van der Waals surface area contributed by atoms with Crippen LogP contribution in [0.25, 0.3) is 0 Å². The fraction of sp³-hybridized carbons (Fsp3) is 0.818. The Balaban J connectivity index is 1.87. The molecule has 0 aromatic heterocycles. The molecule has 0 radical (unpaired) electrons. The van der Waals surface area contributed by atoms with Crippen molar-refractivity contribution in [1.82, 2.24) is 5.32 Å². The smallest absolute Gasteiger partial charge is 0.0660 e. The van der Waals surface area contributed by atoms with Gasteiger partial charge >= 0.3 is 0 Å². The Hall–Kier alpha value is -0.480. The highest BCUT2D eigenvalue weighted by atomic mass is 15.0. The van der Waals surface area contributed by atoms with Crippen molar-refractivity contribution in [3.63, 3.8) is 0 Å². The third-order valence-electron chi connectivity index (χ3n) is 3.45. The summed E-state index contributed by atoms with van der Waals surface area (Å²) >= 11 is 0. The Morgan fingerprint density at radius 3 is 2.75 bits per heavy atom. The average Bonchev–Trinajstić information content (AvgIpc) is 2.64. The highest BCUT2D eigenvalue weighted by molar-refractivity contribution is 5.01. The van der Waals surface area contributed by atoms with Crippen molar-refractivity contribution in [3.05, 3.63) is 0 Å². The van der Waals surface area contributed by atoms with Crippen molar-refractivity contribution in [2.45, 2.75) is 44.7 Å². The van der Waals surface area contributed by atoms with Gasteiger partial charge in [0.2, 0.25) is 0 Å². The number of fused-ring (bicyclic) bond motifs is 2. The van der Waals surface area contributed by atoms with Crippen LogP contribution in [0.2, 0.25) is 0 Å². The predicted molar refractivity (Wildman–Crippen MR) is 50.7 cm³/mol. The molecule has 1 N–H and O–H groups in total. The van der Waals surface area contributed by atoms with Crippen LogP contribution in [0.1, 0.15) is 32.6 Å². The van der Waals surface area contributed by atoms with E-state index in [9.17, 15) is 0 Å². The molecule has 0 amide bonds. The zero-order valence-corrected chi connectivity index (χ0v) is 7.72. The van der Waals surface area contributed by atoms with E-state index in [4.69, 9.17) is 6.42 Å². The molecule has 0 saturated heterocycles. The number of nitrogens with one attached hydrogen (secondary N) is 1. The van der Waals surface area contributed by atoms with Gasteiger partial charge in [0.25, 0.3) is 0 Å². The van der Waals surface area contributed by atoms with Crippen LogP contribution in [0.3, 0.4) is 0 Å². The molecule has 2 saturated carbocycles. The first-order chi connectivity index (χ1) is 5.79. The maximum absolute atomic E-state index is 5.34. The number of hydrogen-bond donors (Lipinski definition) is 1. The molecular weight excluding hydrogens is 146 g/mol. The van der Waals surface area contributed by atoms with E-state index in [1.165, 1.54) is 25.7 Å². The van der Waals surface area contributed by atoms with Crippen molar-refractivity contribution in [2.75, 3.05) is 0 Å². The van der Waals surface area contributed by atoms with Crippen LogP contribution in [0.15, 0.2) is 0 Å². The van der Waals surface area contributed by atoms with Crippen LogP contribution in [-0.2, 0) is 0 Å². The maximum Gasteiger partial charge on any atom is 0.0660 e. The average molecular weight is 163 g/mol. The molecule has 2 aliphatic rings. The van der Waals surface area contributed by atoms with Crippen molar-refractivity contribution in [3.8, 4) is 12.3 Å². The van der Waals surface area contributed by atoms with Crippen LogP contribution < -0.4 is 5.32 Å². The second-order valence-electron chi connectivity index (χ2n) is 4.34. The summed E-state index contributed by atoms with van der Waals surface area (Å²) in [6, 6.07) is 0.990. The van der Waals surface area contributed by atoms with Gasteiger partial charge in [-0.25, -0.2) is 0 Å². The molecule has 0 spiro atoms. The predicted octanol–water partition coefficient (Wildman–Crippen LogP) is 1.79. The molecule has 4 unspecified atom stereocenters. The lowest BCUT2D eigenvalue weighted by Gasteiger charge is -2.24. The summed E-state index contributed by atoms with van der Waals surface area (Å²) in [5.74, 6) is 4.69. The molecule has 1 nitrogen and oxygen atoms in total. The van der Waals surface area contributed by atoms with Gasteiger partial charge in [0, 0.05) is 6.04 Å². The molecule has 2 aliphatic carbocycles. The molecule has 0 aromatic carbocycles. The molecule has 2 fully saturated rings. The topological polar surface area (TPSA) is 12.0 Å². The molecule has 0 heterocycles. The Labute approximate surface area is 74.9 Å². The van der Waals surface area contributed by atoms with Gasteiger partial charge in [-0.15, -0.1) is 6.42 Å². The van der Waals surface area contributed by atoms with Crippen molar-refractivity contribution >= 4 is 0 Å². The van der Waals surface area contributed by atoms with E-state index < -0.39 is 0 Å². The van der Waals surface area contributed by atoms with Gasteiger partial charge in [-0.1, -0.05) is 12.3 Å². The summed E-state index contributed by atoms with van der Waals surface area (Å²) < 4.78 is 0. The van der Waals surface area contributed by atoms with Crippen molar-refractivity contribution in [2.24, 2.45) is 11.8 Å². The first kappa shape index (κ1) is 8.13. The van der Waals surface area contributed by atoms with E-state index in [0.717, 1.165) is 17.9 Å². The Kier molecular flexibility index (Phi) is 2.11. The summed E-state index contributed by atoms with van der Waals surface area (Å²) in [6.07, 6.45) is 11.1. The van der Waals surface area contributed by atoms with Crippen molar-refractivity contribution < 1.29 is 0 Å². The first-order valence-corrected chi connectivity index (χ1v) is 5.01. The first-order valence-electron chi connectivity index (χ1n) is 5.01. The van der Waals surface area contributed by atoms with E-state index in [2.05, 4.69) is 18.2 Å². The minimum atomic E-state index is 0.259. The lowest BCUT2D eigenvalue weighted by Crippen LogP contribution is -2.39. The molecular formula is C11H17N. The van der Waals surface area contributed by atoms with Gasteiger partial charge in [-0.2, -0.15) is 0 Å². The number of terminal acetylenes is 1. The molecule has 4 atom stereocenters. The van der Waals surface area contributed by atoms with E-state index in [1.54, 1.807) is 0 Å². The fourth-order valence-electron chi connectivity index (χ4n) is 2.82. The quantitative estimate of drug-likeness (QED) is 0.612. The molecule has 2 rings (SSSR count). The zero-order chi connectivity index (χ0) is 8.55. The molecule has 66 valence electrons. The monoisotopic (exact) mass is 163 g/mol. The highest BCUT2D eigenvalue weighted by Gasteiger charge is 2.39. The minimum Gasteiger partial charge on any atom is -0.301 e.